The molecule has 0 N–H and O–H groups in total. The van der Waals surface area contributed by atoms with E-state index in [9.17, 15) is 18.8 Å². The Bertz CT molecular complexity index is 636. The van der Waals surface area contributed by atoms with Crippen LogP contribution in [0.3, 0.4) is 0 Å². The van der Waals surface area contributed by atoms with Crippen LogP contribution >= 0.6 is 0 Å². The van der Waals surface area contributed by atoms with Crippen molar-refractivity contribution in [1.82, 2.24) is 4.90 Å². The van der Waals surface area contributed by atoms with Crippen LogP contribution in [0.25, 0.3) is 0 Å². The first-order valence-corrected chi connectivity index (χ1v) is 7.38. The maximum absolute atomic E-state index is 12.9. The van der Waals surface area contributed by atoms with Gasteiger partial charge >= 0.3 is 6.09 Å². The number of carbonyl (C=O) groups excluding carboxylic acids is 1. The molecule has 2 rings (SSSR count). The maximum atomic E-state index is 12.9. The fourth-order valence-corrected chi connectivity index (χ4v) is 2.68. The molecule has 6 heteroatoms. The summed E-state index contributed by atoms with van der Waals surface area (Å²) in [5, 5.41) is 9.37. The van der Waals surface area contributed by atoms with Gasteiger partial charge in [-0.2, -0.15) is 14.0 Å². The van der Waals surface area contributed by atoms with Gasteiger partial charge in [0.1, 0.15) is 12.0 Å². The molecule has 0 spiro atoms. The van der Waals surface area contributed by atoms with Gasteiger partial charge in [0, 0.05) is 18.7 Å². The van der Waals surface area contributed by atoms with Crippen LogP contribution in [0.4, 0.5) is 13.6 Å². The fourth-order valence-electron chi connectivity index (χ4n) is 2.68. The lowest BCUT2D eigenvalue weighted by Gasteiger charge is -2.37. The van der Waals surface area contributed by atoms with E-state index in [2.05, 4.69) is 0 Å². The molecular weight excluding hydrogens is 302 g/mol. The lowest BCUT2D eigenvalue weighted by molar-refractivity contribution is 0.0728. The highest BCUT2D eigenvalue weighted by atomic mass is 19.3. The Morgan fingerprint density at radius 1 is 1.39 bits per heavy atom. The van der Waals surface area contributed by atoms with E-state index in [4.69, 9.17) is 4.74 Å². The smallest absolute Gasteiger partial charge is 0.410 e. The number of nitriles is 1. The first-order valence-electron chi connectivity index (χ1n) is 7.38. The largest absolute Gasteiger partial charge is 0.445 e. The van der Waals surface area contributed by atoms with Crippen LogP contribution in [0.2, 0.25) is 0 Å². The summed E-state index contributed by atoms with van der Waals surface area (Å²) in [6.07, 6.45) is -1.64. The van der Waals surface area contributed by atoms with Gasteiger partial charge in [-0.15, -0.1) is 0 Å². The fraction of sp³-hybridized carbons (Fsp3) is 0.412. The highest BCUT2D eigenvalue weighted by Crippen LogP contribution is 2.38. The molecule has 0 radical (unpaired) electrons. The molecule has 1 aromatic rings. The van der Waals surface area contributed by atoms with Crippen LogP contribution in [0.15, 0.2) is 42.0 Å². The third-order valence-electron chi connectivity index (χ3n) is 4.17. The average Bonchev–Trinajstić information content (AvgIpc) is 2.59. The van der Waals surface area contributed by atoms with Crippen LogP contribution in [0, 0.1) is 16.7 Å². The van der Waals surface area contributed by atoms with Crippen molar-refractivity contribution < 1.29 is 18.3 Å². The molecule has 0 bridgehead atoms. The first kappa shape index (κ1) is 16.9. The third-order valence-corrected chi connectivity index (χ3v) is 4.17. The number of halogens is 2. The summed E-state index contributed by atoms with van der Waals surface area (Å²) >= 11 is 0. The minimum atomic E-state index is -1.86. The zero-order valence-corrected chi connectivity index (χ0v) is 12.9. The van der Waals surface area contributed by atoms with E-state index in [0.29, 0.717) is 19.4 Å². The summed E-state index contributed by atoms with van der Waals surface area (Å²) in [4.78, 5) is 13.5. The molecule has 0 aliphatic carbocycles. The van der Waals surface area contributed by atoms with Crippen molar-refractivity contribution in [3.05, 3.63) is 47.5 Å². The van der Waals surface area contributed by atoms with Crippen LogP contribution in [0.1, 0.15) is 25.3 Å². The van der Waals surface area contributed by atoms with E-state index in [1.165, 1.54) is 11.8 Å². The van der Waals surface area contributed by atoms with Gasteiger partial charge in [-0.05, 0) is 25.3 Å². The van der Waals surface area contributed by atoms with Gasteiger partial charge in [-0.1, -0.05) is 30.3 Å². The predicted octanol–water partition coefficient (Wildman–Crippen LogP) is 4.10. The number of hydrogen-bond donors (Lipinski definition) is 0. The normalized spacial score (nSPS) is 20.5. The lowest BCUT2D eigenvalue weighted by atomic mass is 9.76. The van der Waals surface area contributed by atoms with Crippen molar-refractivity contribution >= 4 is 6.09 Å². The summed E-state index contributed by atoms with van der Waals surface area (Å²) in [5.41, 5.74) is -0.751. The SMILES string of the molecule is CC(=C(F)F)C1(C#N)CCCN(C(=O)OCc2ccccc2)C1. The molecule has 0 aromatic heterocycles. The quantitative estimate of drug-likeness (QED) is 0.842. The Balaban J connectivity index is 2.04. The standard InChI is InChI=1S/C17H18F2N2O2/c1-13(15(18)19)17(11-20)8-5-9-21(12-17)16(22)23-10-14-6-3-2-4-7-14/h2-4,6-7H,5,8-10,12H2,1H3. The zero-order chi connectivity index (χ0) is 16.9. The summed E-state index contributed by atoms with van der Waals surface area (Å²) in [6.45, 7) is 1.69. The van der Waals surface area contributed by atoms with E-state index in [1.54, 1.807) is 0 Å². The second-order valence-electron chi connectivity index (χ2n) is 5.64. The van der Waals surface area contributed by atoms with E-state index in [-0.39, 0.29) is 18.7 Å². The van der Waals surface area contributed by atoms with Crippen molar-refractivity contribution in [2.45, 2.75) is 26.4 Å². The Kier molecular flexibility index (Phi) is 5.32. The van der Waals surface area contributed by atoms with Crippen molar-refractivity contribution in [3.8, 4) is 6.07 Å². The van der Waals surface area contributed by atoms with E-state index in [1.807, 2.05) is 36.4 Å². The first-order chi connectivity index (χ1) is 11.0. The average molecular weight is 320 g/mol. The molecule has 1 aliphatic heterocycles. The molecule has 1 unspecified atom stereocenters. The molecule has 122 valence electrons. The molecule has 1 atom stereocenters. The predicted molar refractivity (Wildman–Crippen MR) is 80.4 cm³/mol. The van der Waals surface area contributed by atoms with Gasteiger partial charge in [-0.3, -0.25) is 0 Å². The molecule has 1 amide bonds. The Morgan fingerprint density at radius 3 is 2.70 bits per heavy atom. The lowest BCUT2D eigenvalue weighted by Crippen LogP contribution is -2.46. The molecule has 1 heterocycles. The molecule has 0 saturated carbocycles. The number of likely N-dealkylation sites (tertiary alicyclic amines) is 1. The van der Waals surface area contributed by atoms with Crippen molar-refractivity contribution in [2.75, 3.05) is 13.1 Å². The van der Waals surface area contributed by atoms with Crippen LogP contribution in [-0.2, 0) is 11.3 Å². The number of ether oxygens (including phenoxy) is 1. The molecule has 1 fully saturated rings. The van der Waals surface area contributed by atoms with Crippen LogP contribution in [-0.4, -0.2) is 24.1 Å². The summed E-state index contributed by atoms with van der Waals surface area (Å²) in [5.74, 6) is 0. The zero-order valence-electron chi connectivity index (χ0n) is 12.9. The number of rotatable bonds is 3. The number of hydrogen-bond acceptors (Lipinski definition) is 3. The van der Waals surface area contributed by atoms with Gasteiger partial charge < -0.3 is 9.64 Å². The molecule has 1 saturated heterocycles. The number of amides is 1. The number of nitrogens with zero attached hydrogens (tertiary/aromatic N) is 2. The summed E-state index contributed by atoms with van der Waals surface area (Å²) < 4.78 is 31.1. The molecular formula is C17H18F2N2O2. The third kappa shape index (κ3) is 3.86. The minimum Gasteiger partial charge on any atom is -0.445 e. The second-order valence-corrected chi connectivity index (χ2v) is 5.64. The highest BCUT2D eigenvalue weighted by molar-refractivity contribution is 5.68. The van der Waals surface area contributed by atoms with E-state index >= 15 is 0 Å². The van der Waals surface area contributed by atoms with Crippen LogP contribution < -0.4 is 0 Å². The number of benzene rings is 1. The Hall–Kier alpha value is -2.42. The van der Waals surface area contributed by atoms with Gasteiger partial charge in [0.25, 0.3) is 6.08 Å². The molecule has 23 heavy (non-hydrogen) atoms. The van der Waals surface area contributed by atoms with Crippen molar-refractivity contribution in [2.24, 2.45) is 5.41 Å². The number of carbonyl (C=O) groups is 1. The summed E-state index contributed by atoms with van der Waals surface area (Å²) in [7, 11) is 0. The van der Waals surface area contributed by atoms with E-state index < -0.39 is 17.6 Å². The topological polar surface area (TPSA) is 53.3 Å². The van der Waals surface area contributed by atoms with Crippen molar-refractivity contribution in [1.29, 1.82) is 5.26 Å². The Morgan fingerprint density at radius 2 is 2.09 bits per heavy atom. The minimum absolute atomic E-state index is 0.0692. The number of piperidine rings is 1. The van der Waals surface area contributed by atoms with E-state index in [0.717, 1.165) is 5.56 Å². The van der Waals surface area contributed by atoms with Gasteiger partial charge in [0.05, 0.1) is 6.07 Å². The van der Waals surface area contributed by atoms with Gasteiger partial charge in [0.15, 0.2) is 0 Å². The van der Waals surface area contributed by atoms with Crippen molar-refractivity contribution in [3.63, 3.8) is 0 Å². The van der Waals surface area contributed by atoms with Crippen LogP contribution in [0.5, 0.6) is 0 Å². The monoisotopic (exact) mass is 320 g/mol. The van der Waals surface area contributed by atoms with Gasteiger partial charge in [0.2, 0.25) is 0 Å². The maximum Gasteiger partial charge on any atom is 0.410 e. The Labute approximate surface area is 134 Å². The molecule has 1 aliphatic rings. The highest BCUT2D eigenvalue weighted by Gasteiger charge is 2.41. The molecule has 4 nitrogen and oxygen atoms in total. The molecule has 1 aromatic carbocycles. The second kappa shape index (κ2) is 7.23. The van der Waals surface area contributed by atoms with Gasteiger partial charge in [-0.25, -0.2) is 4.79 Å². The summed E-state index contributed by atoms with van der Waals surface area (Å²) in [6, 6.07) is 11.2.